The number of fused-ring (bicyclic) bond motifs is 1. The molecule has 0 aliphatic carbocycles. The lowest BCUT2D eigenvalue weighted by Gasteiger charge is -2.17. The molecular formula is C20H18N4OS. The number of nitrogens with one attached hydrogen (secondary N) is 1. The van der Waals surface area contributed by atoms with E-state index < -0.39 is 0 Å². The van der Waals surface area contributed by atoms with Gasteiger partial charge in [0.1, 0.15) is 5.01 Å². The maximum atomic E-state index is 12.5. The van der Waals surface area contributed by atoms with Crippen LogP contribution in [0.25, 0.3) is 15.9 Å². The first-order chi connectivity index (χ1) is 12.7. The molecule has 6 heteroatoms. The van der Waals surface area contributed by atoms with Crippen LogP contribution in [0, 0.1) is 0 Å². The Morgan fingerprint density at radius 3 is 2.73 bits per heavy atom. The largest absolute Gasteiger partial charge is 0.324 e. The average molecular weight is 362 g/mol. The summed E-state index contributed by atoms with van der Waals surface area (Å²) in [6.07, 6.45) is 3.94. The van der Waals surface area contributed by atoms with Crippen molar-refractivity contribution in [2.45, 2.75) is 6.54 Å². The van der Waals surface area contributed by atoms with Gasteiger partial charge in [-0.1, -0.05) is 18.2 Å². The zero-order valence-electron chi connectivity index (χ0n) is 14.3. The van der Waals surface area contributed by atoms with Gasteiger partial charge in [0.25, 0.3) is 0 Å². The van der Waals surface area contributed by atoms with Crippen LogP contribution in [-0.2, 0) is 6.54 Å². The van der Waals surface area contributed by atoms with Gasteiger partial charge < -0.3 is 14.8 Å². The number of aromatic nitrogens is 2. The van der Waals surface area contributed by atoms with Crippen LogP contribution in [0.3, 0.4) is 0 Å². The standard InChI is InChI=1S/C20H18N4OS/c1-23(14-19-22-17-9-2-3-10-18(17)26-19)20(25)21-15-7-6-8-16(13-15)24-11-4-5-12-24/h2-13H,14H2,1H3,(H,21,25). The Balaban J connectivity index is 1.45. The van der Waals surface area contributed by atoms with E-state index in [1.54, 1.807) is 23.3 Å². The Morgan fingerprint density at radius 2 is 1.92 bits per heavy atom. The highest BCUT2D eigenvalue weighted by Crippen LogP contribution is 2.22. The number of urea groups is 1. The second kappa shape index (κ2) is 7.01. The quantitative estimate of drug-likeness (QED) is 0.569. The Morgan fingerprint density at radius 1 is 1.12 bits per heavy atom. The fraction of sp³-hybridized carbons (Fsp3) is 0.100. The normalized spacial score (nSPS) is 10.8. The fourth-order valence-electron chi connectivity index (χ4n) is 2.73. The minimum absolute atomic E-state index is 0.158. The van der Waals surface area contributed by atoms with Crippen molar-refractivity contribution in [1.82, 2.24) is 14.5 Å². The number of anilines is 1. The number of hydrogen-bond donors (Lipinski definition) is 1. The highest BCUT2D eigenvalue weighted by Gasteiger charge is 2.12. The molecule has 0 unspecified atom stereocenters. The van der Waals surface area contributed by atoms with Gasteiger partial charge in [-0.05, 0) is 42.5 Å². The molecule has 130 valence electrons. The zero-order valence-corrected chi connectivity index (χ0v) is 15.1. The molecule has 0 radical (unpaired) electrons. The summed E-state index contributed by atoms with van der Waals surface area (Å²) < 4.78 is 3.14. The minimum atomic E-state index is -0.158. The molecule has 2 heterocycles. The summed E-state index contributed by atoms with van der Waals surface area (Å²) in [5.41, 5.74) is 2.74. The van der Waals surface area contributed by atoms with Crippen molar-refractivity contribution in [3.05, 3.63) is 78.1 Å². The summed E-state index contributed by atoms with van der Waals surface area (Å²) in [7, 11) is 1.77. The van der Waals surface area contributed by atoms with E-state index >= 15 is 0 Å². The van der Waals surface area contributed by atoms with Crippen LogP contribution in [0.1, 0.15) is 5.01 Å². The molecule has 0 saturated heterocycles. The molecule has 5 nitrogen and oxygen atoms in total. The summed E-state index contributed by atoms with van der Waals surface area (Å²) in [4.78, 5) is 18.7. The molecule has 0 spiro atoms. The van der Waals surface area contributed by atoms with E-state index in [0.717, 1.165) is 26.6 Å². The second-order valence-electron chi connectivity index (χ2n) is 6.00. The number of thiazole rings is 1. The molecule has 0 aliphatic rings. The molecule has 0 bridgehead atoms. The number of amides is 2. The van der Waals surface area contributed by atoms with E-state index in [1.807, 2.05) is 77.6 Å². The van der Waals surface area contributed by atoms with Crippen molar-refractivity contribution in [2.75, 3.05) is 12.4 Å². The topological polar surface area (TPSA) is 50.2 Å². The Hall–Kier alpha value is -3.12. The van der Waals surface area contributed by atoms with Crippen LogP contribution in [0.5, 0.6) is 0 Å². The van der Waals surface area contributed by atoms with Gasteiger partial charge in [0.2, 0.25) is 0 Å². The Kier molecular flexibility index (Phi) is 4.41. The molecule has 0 aliphatic heterocycles. The van der Waals surface area contributed by atoms with Gasteiger partial charge in [0, 0.05) is 30.8 Å². The van der Waals surface area contributed by atoms with E-state index in [1.165, 1.54) is 0 Å². The average Bonchev–Trinajstić information content (AvgIpc) is 3.31. The molecule has 2 aromatic carbocycles. The zero-order chi connectivity index (χ0) is 17.9. The van der Waals surface area contributed by atoms with Crippen LogP contribution >= 0.6 is 11.3 Å². The number of rotatable bonds is 4. The third-order valence-electron chi connectivity index (χ3n) is 4.06. The van der Waals surface area contributed by atoms with Crippen molar-refractivity contribution < 1.29 is 4.79 Å². The second-order valence-corrected chi connectivity index (χ2v) is 7.12. The van der Waals surface area contributed by atoms with Crippen molar-refractivity contribution in [2.24, 2.45) is 0 Å². The van der Waals surface area contributed by atoms with Crippen LogP contribution in [0.2, 0.25) is 0 Å². The van der Waals surface area contributed by atoms with E-state index in [9.17, 15) is 4.79 Å². The lowest BCUT2D eigenvalue weighted by atomic mass is 10.2. The van der Waals surface area contributed by atoms with Crippen molar-refractivity contribution in [3.63, 3.8) is 0 Å². The van der Waals surface area contributed by atoms with Gasteiger partial charge in [-0.15, -0.1) is 11.3 Å². The van der Waals surface area contributed by atoms with Crippen molar-refractivity contribution in [3.8, 4) is 5.69 Å². The summed E-state index contributed by atoms with van der Waals surface area (Å²) in [5.74, 6) is 0. The van der Waals surface area contributed by atoms with E-state index in [2.05, 4.69) is 10.3 Å². The first-order valence-corrected chi connectivity index (χ1v) is 9.11. The molecule has 0 saturated carbocycles. The number of carbonyl (C=O) groups is 1. The smallest absolute Gasteiger partial charge is 0.321 e. The fourth-order valence-corrected chi connectivity index (χ4v) is 3.75. The summed E-state index contributed by atoms with van der Waals surface area (Å²) in [6, 6.07) is 19.5. The summed E-state index contributed by atoms with van der Waals surface area (Å²) >= 11 is 1.61. The molecule has 0 fully saturated rings. The van der Waals surface area contributed by atoms with E-state index in [4.69, 9.17) is 0 Å². The monoisotopic (exact) mass is 362 g/mol. The molecule has 26 heavy (non-hydrogen) atoms. The first-order valence-electron chi connectivity index (χ1n) is 8.29. The highest BCUT2D eigenvalue weighted by atomic mass is 32.1. The maximum absolute atomic E-state index is 12.5. The lowest BCUT2D eigenvalue weighted by Crippen LogP contribution is -2.30. The predicted molar refractivity (Wildman–Crippen MR) is 106 cm³/mol. The predicted octanol–water partition coefficient (Wildman–Crippen LogP) is 4.75. The van der Waals surface area contributed by atoms with Crippen LogP contribution in [0.15, 0.2) is 73.1 Å². The Bertz CT molecular complexity index is 1010. The molecule has 4 aromatic rings. The molecular weight excluding hydrogens is 344 g/mol. The van der Waals surface area contributed by atoms with E-state index in [-0.39, 0.29) is 6.03 Å². The SMILES string of the molecule is CN(Cc1nc2ccccc2s1)C(=O)Nc1cccc(-n2cccc2)c1. The number of benzene rings is 2. The molecule has 0 atom stereocenters. The van der Waals surface area contributed by atoms with Crippen LogP contribution in [-0.4, -0.2) is 27.5 Å². The van der Waals surface area contributed by atoms with Crippen LogP contribution < -0.4 is 5.32 Å². The molecule has 1 N–H and O–H groups in total. The number of para-hydroxylation sites is 1. The number of carbonyl (C=O) groups excluding carboxylic acids is 1. The van der Waals surface area contributed by atoms with Gasteiger partial charge in [0.05, 0.1) is 16.8 Å². The first kappa shape index (κ1) is 16.4. The van der Waals surface area contributed by atoms with Gasteiger partial charge in [-0.25, -0.2) is 9.78 Å². The minimum Gasteiger partial charge on any atom is -0.324 e. The third kappa shape index (κ3) is 3.45. The van der Waals surface area contributed by atoms with Crippen LogP contribution in [0.4, 0.5) is 10.5 Å². The van der Waals surface area contributed by atoms with Crippen molar-refractivity contribution in [1.29, 1.82) is 0 Å². The molecule has 4 rings (SSSR count). The van der Waals surface area contributed by atoms with Crippen molar-refractivity contribution >= 4 is 33.3 Å². The third-order valence-corrected chi connectivity index (χ3v) is 5.08. The van der Waals surface area contributed by atoms with Gasteiger partial charge in [0.15, 0.2) is 0 Å². The van der Waals surface area contributed by atoms with Gasteiger partial charge in [-0.2, -0.15) is 0 Å². The maximum Gasteiger partial charge on any atom is 0.321 e. The van der Waals surface area contributed by atoms with E-state index in [0.29, 0.717) is 6.54 Å². The number of hydrogen-bond acceptors (Lipinski definition) is 3. The summed E-state index contributed by atoms with van der Waals surface area (Å²) in [5, 5.41) is 3.87. The van der Waals surface area contributed by atoms with Gasteiger partial charge in [-0.3, -0.25) is 0 Å². The lowest BCUT2D eigenvalue weighted by molar-refractivity contribution is 0.220. The molecule has 2 aromatic heterocycles. The summed E-state index contributed by atoms with van der Waals surface area (Å²) in [6.45, 7) is 0.475. The highest BCUT2D eigenvalue weighted by molar-refractivity contribution is 7.18. The molecule has 2 amide bonds. The van der Waals surface area contributed by atoms with Gasteiger partial charge >= 0.3 is 6.03 Å². The number of nitrogens with zero attached hydrogens (tertiary/aromatic N) is 3. The Labute approximate surface area is 155 Å².